The topological polar surface area (TPSA) is 50.7 Å². The van der Waals surface area contributed by atoms with E-state index in [-0.39, 0.29) is 12.4 Å². The third-order valence-corrected chi connectivity index (χ3v) is 2.69. The molecule has 1 rings (SSSR count). The van der Waals surface area contributed by atoms with Gasteiger partial charge in [-0.3, -0.25) is 0 Å². The molecule has 2 N–H and O–H groups in total. The van der Waals surface area contributed by atoms with E-state index in [0.717, 1.165) is 19.4 Å². The molecule has 0 aromatic heterocycles. The van der Waals surface area contributed by atoms with Crippen molar-refractivity contribution < 1.29 is 19.0 Å². The Bertz CT molecular complexity index is 363. The molecule has 0 fully saturated rings. The monoisotopic (exact) mass is 285 g/mol. The van der Waals surface area contributed by atoms with Gasteiger partial charge in [-0.25, -0.2) is 4.39 Å². The van der Waals surface area contributed by atoms with Crippen LogP contribution in [-0.2, 0) is 9.47 Å². The largest absolute Gasteiger partial charge is 0.389 e. The second-order valence-corrected chi connectivity index (χ2v) is 4.59. The molecule has 20 heavy (non-hydrogen) atoms. The van der Waals surface area contributed by atoms with Crippen LogP contribution in [0.3, 0.4) is 0 Å². The zero-order chi connectivity index (χ0) is 14.6. The van der Waals surface area contributed by atoms with E-state index in [9.17, 15) is 9.50 Å². The zero-order valence-electron chi connectivity index (χ0n) is 12.0. The number of nitrogens with one attached hydrogen (secondary N) is 1. The summed E-state index contributed by atoms with van der Waals surface area (Å²) in [5.41, 5.74) is 0.645. The molecule has 1 aromatic rings. The number of anilines is 1. The molecule has 0 radical (unpaired) electrons. The maximum atomic E-state index is 12.9. The van der Waals surface area contributed by atoms with E-state index in [0.29, 0.717) is 25.4 Å². The van der Waals surface area contributed by atoms with Crippen LogP contribution < -0.4 is 5.32 Å². The summed E-state index contributed by atoms with van der Waals surface area (Å²) in [6, 6.07) is 6.13. The maximum absolute atomic E-state index is 12.9. The third kappa shape index (κ3) is 8.09. The Balaban J connectivity index is 2.01. The molecular weight excluding hydrogens is 261 g/mol. The number of benzene rings is 1. The fraction of sp³-hybridized carbons (Fsp3) is 0.600. The number of halogens is 1. The Morgan fingerprint density at radius 1 is 1.25 bits per heavy atom. The van der Waals surface area contributed by atoms with E-state index in [1.54, 1.807) is 12.1 Å². The van der Waals surface area contributed by atoms with Crippen molar-refractivity contribution in [2.24, 2.45) is 0 Å². The molecule has 0 saturated heterocycles. The normalized spacial score (nSPS) is 12.3. The number of hydrogen-bond donors (Lipinski definition) is 2. The summed E-state index contributed by atoms with van der Waals surface area (Å²) in [6.45, 7) is 4.44. The van der Waals surface area contributed by atoms with Crippen molar-refractivity contribution in [3.63, 3.8) is 0 Å². The first-order valence-electron chi connectivity index (χ1n) is 7.05. The van der Waals surface area contributed by atoms with Gasteiger partial charge in [0.15, 0.2) is 0 Å². The summed E-state index contributed by atoms with van der Waals surface area (Å²) in [5.74, 6) is -0.301. The Labute approximate surface area is 119 Å². The van der Waals surface area contributed by atoms with Gasteiger partial charge in [-0.2, -0.15) is 0 Å². The number of rotatable bonds is 11. The van der Waals surface area contributed by atoms with Crippen molar-refractivity contribution in [2.75, 3.05) is 38.3 Å². The van der Waals surface area contributed by atoms with Crippen molar-refractivity contribution in [2.45, 2.75) is 25.9 Å². The molecule has 5 heteroatoms. The van der Waals surface area contributed by atoms with Gasteiger partial charge in [-0.05, 0) is 24.6 Å². The van der Waals surface area contributed by atoms with Crippen molar-refractivity contribution >= 4 is 5.69 Å². The lowest BCUT2D eigenvalue weighted by atomic mass is 10.3. The molecule has 0 aliphatic carbocycles. The van der Waals surface area contributed by atoms with E-state index in [1.807, 2.05) is 0 Å². The molecule has 4 nitrogen and oxygen atoms in total. The van der Waals surface area contributed by atoms with Crippen LogP contribution in [0.15, 0.2) is 24.3 Å². The van der Waals surface area contributed by atoms with Crippen LogP contribution in [0.2, 0.25) is 0 Å². The predicted octanol–water partition coefficient (Wildman–Crippen LogP) is 2.43. The van der Waals surface area contributed by atoms with Crippen LogP contribution in [0.1, 0.15) is 19.8 Å². The molecule has 0 bridgehead atoms. The van der Waals surface area contributed by atoms with Crippen LogP contribution in [-0.4, -0.2) is 44.2 Å². The van der Waals surface area contributed by atoms with Gasteiger partial charge in [0.2, 0.25) is 0 Å². The first-order chi connectivity index (χ1) is 9.72. The third-order valence-electron chi connectivity index (χ3n) is 2.69. The SMILES string of the molecule is CCCCOCCOCC(O)CNc1cccc(F)c1. The lowest BCUT2D eigenvalue weighted by molar-refractivity contribution is 0.00749. The van der Waals surface area contributed by atoms with Gasteiger partial charge >= 0.3 is 0 Å². The predicted molar refractivity (Wildman–Crippen MR) is 77.4 cm³/mol. The van der Waals surface area contributed by atoms with Crippen LogP contribution in [0.25, 0.3) is 0 Å². The molecule has 1 aromatic carbocycles. The lowest BCUT2D eigenvalue weighted by Gasteiger charge is -2.13. The molecule has 1 unspecified atom stereocenters. The first kappa shape index (κ1) is 16.9. The highest BCUT2D eigenvalue weighted by atomic mass is 19.1. The number of ether oxygens (including phenoxy) is 2. The van der Waals surface area contributed by atoms with Crippen LogP contribution in [0.4, 0.5) is 10.1 Å². The van der Waals surface area contributed by atoms with Crippen LogP contribution in [0, 0.1) is 5.82 Å². The number of hydrogen-bond acceptors (Lipinski definition) is 4. The van der Waals surface area contributed by atoms with Gasteiger partial charge < -0.3 is 19.9 Å². The van der Waals surface area contributed by atoms with E-state index < -0.39 is 6.10 Å². The average Bonchev–Trinajstić information content (AvgIpc) is 2.44. The van der Waals surface area contributed by atoms with Gasteiger partial charge in [0, 0.05) is 18.8 Å². The van der Waals surface area contributed by atoms with Gasteiger partial charge in [-0.15, -0.1) is 0 Å². The summed E-state index contributed by atoms with van der Waals surface area (Å²) >= 11 is 0. The van der Waals surface area contributed by atoms with Gasteiger partial charge in [0.25, 0.3) is 0 Å². The second-order valence-electron chi connectivity index (χ2n) is 4.59. The number of unbranched alkanes of at least 4 members (excludes halogenated alkanes) is 1. The molecule has 114 valence electrons. The van der Waals surface area contributed by atoms with E-state index >= 15 is 0 Å². The Kier molecular flexibility index (Phi) is 8.95. The fourth-order valence-electron chi connectivity index (χ4n) is 1.58. The molecule has 0 aliphatic heterocycles. The minimum atomic E-state index is -0.631. The summed E-state index contributed by atoms with van der Waals surface area (Å²) < 4.78 is 23.6. The number of aliphatic hydroxyl groups is 1. The molecule has 0 spiro atoms. The highest BCUT2D eigenvalue weighted by Crippen LogP contribution is 2.08. The maximum Gasteiger partial charge on any atom is 0.125 e. The highest BCUT2D eigenvalue weighted by Gasteiger charge is 2.04. The van der Waals surface area contributed by atoms with E-state index in [2.05, 4.69) is 12.2 Å². The average molecular weight is 285 g/mol. The zero-order valence-corrected chi connectivity index (χ0v) is 12.0. The summed E-state index contributed by atoms with van der Waals surface area (Å²) in [5, 5.41) is 12.7. The molecule has 0 aliphatic rings. The first-order valence-corrected chi connectivity index (χ1v) is 7.05. The molecule has 0 amide bonds. The quantitative estimate of drug-likeness (QED) is 0.613. The second kappa shape index (κ2) is 10.6. The van der Waals surface area contributed by atoms with Crippen molar-refractivity contribution in [3.8, 4) is 0 Å². The van der Waals surface area contributed by atoms with Crippen LogP contribution in [0.5, 0.6) is 0 Å². The fourth-order valence-corrected chi connectivity index (χ4v) is 1.58. The van der Waals surface area contributed by atoms with Crippen molar-refractivity contribution in [3.05, 3.63) is 30.1 Å². The van der Waals surface area contributed by atoms with Gasteiger partial charge in [0.05, 0.1) is 25.9 Å². The molecule has 1 atom stereocenters. The summed E-state index contributed by atoms with van der Waals surface area (Å²) in [7, 11) is 0. The standard InChI is InChI=1S/C15H24FNO3/c1-2-3-7-19-8-9-20-12-15(18)11-17-14-6-4-5-13(16)10-14/h4-6,10,15,17-18H,2-3,7-9,11-12H2,1H3. The van der Waals surface area contributed by atoms with Gasteiger partial charge in [0.1, 0.15) is 5.82 Å². The van der Waals surface area contributed by atoms with Crippen molar-refractivity contribution in [1.29, 1.82) is 0 Å². The number of aliphatic hydroxyl groups excluding tert-OH is 1. The highest BCUT2D eigenvalue weighted by molar-refractivity contribution is 5.43. The molecular formula is C15H24FNO3. The summed E-state index contributed by atoms with van der Waals surface area (Å²) in [4.78, 5) is 0. The lowest BCUT2D eigenvalue weighted by Crippen LogP contribution is -2.25. The Hall–Kier alpha value is -1.17. The van der Waals surface area contributed by atoms with E-state index in [1.165, 1.54) is 12.1 Å². The Morgan fingerprint density at radius 2 is 2.05 bits per heavy atom. The minimum absolute atomic E-state index is 0.236. The smallest absolute Gasteiger partial charge is 0.125 e. The summed E-state index contributed by atoms with van der Waals surface area (Å²) in [6.07, 6.45) is 1.54. The molecule has 0 heterocycles. The van der Waals surface area contributed by atoms with Crippen LogP contribution >= 0.6 is 0 Å². The van der Waals surface area contributed by atoms with Gasteiger partial charge in [-0.1, -0.05) is 19.4 Å². The van der Waals surface area contributed by atoms with E-state index in [4.69, 9.17) is 9.47 Å². The molecule has 0 saturated carbocycles. The van der Waals surface area contributed by atoms with Crippen molar-refractivity contribution in [1.82, 2.24) is 0 Å². The Morgan fingerprint density at radius 3 is 2.80 bits per heavy atom. The minimum Gasteiger partial charge on any atom is -0.389 e.